The summed E-state index contributed by atoms with van der Waals surface area (Å²) in [5.74, 6) is 1.65. The highest BCUT2D eigenvalue weighted by Gasteiger charge is 2.16. The van der Waals surface area contributed by atoms with Gasteiger partial charge in [-0.15, -0.1) is 0 Å². The van der Waals surface area contributed by atoms with E-state index in [0.717, 1.165) is 37.4 Å². The molecule has 6 heteroatoms. The number of aromatic nitrogens is 4. The first-order valence-corrected chi connectivity index (χ1v) is 7.37. The van der Waals surface area contributed by atoms with Crippen LogP contribution in [0.4, 0.5) is 0 Å². The van der Waals surface area contributed by atoms with Gasteiger partial charge in [-0.3, -0.25) is 0 Å². The smallest absolute Gasteiger partial charge is 0.216 e. The molecule has 2 heterocycles. The lowest BCUT2D eigenvalue weighted by atomic mass is 10.1. The summed E-state index contributed by atoms with van der Waals surface area (Å²) in [6.45, 7) is 6.11. The van der Waals surface area contributed by atoms with Crippen LogP contribution in [-0.2, 0) is 13.0 Å². The average molecular weight is 289 g/mol. The van der Waals surface area contributed by atoms with Crippen LogP contribution in [0.3, 0.4) is 0 Å². The first kappa shape index (κ1) is 15.4. The zero-order valence-corrected chi connectivity index (χ0v) is 12.9. The molecule has 0 amide bonds. The minimum Gasteiger partial charge on any atom is -0.481 e. The fourth-order valence-corrected chi connectivity index (χ4v) is 2.34. The Morgan fingerprint density at radius 1 is 1.29 bits per heavy atom. The van der Waals surface area contributed by atoms with E-state index in [1.807, 2.05) is 18.5 Å². The molecule has 0 radical (unpaired) electrons. The van der Waals surface area contributed by atoms with E-state index < -0.39 is 0 Å². The molecule has 0 saturated heterocycles. The molecule has 2 aromatic heterocycles. The zero-order valence-electron chi connectivity index (χ0n) is 12.9. The lowest BCUT2D eigenvalue weighted by molar-refractivity contribution is 0.393. The molecule has 0 aliphatic carbocycles. The minimum absolute atomic E-state index is 0.102. The summed E-state index contributed by atoms with van der Waals surface area (Å²) in [7, 11) is 1.61. The molecule has 1 atom stereocenters. The van der Waals surface area contributed by atoms with Crippen LogP contribution in [0.5, 0.6) is 5.88 Å². The molecule has 0 spiro atoms. The Hall–Kier alpha value is -1.95. The second-order valence-electron chi connectivity index (χ2n) is 4.84. The predicted molar refractivity (Wildman–Crippen MR) is 81.2 cm³/mol. The van der Waals surface area contributed by atoms with Gasteiger partial charge in [0.15, 0.2) is 0 Å². The monoisotopic (exact) mass is 289 g/mol. The van der Waals surface area contributed by atoms with Gasteiger partial charge in [-0.25, -0.2) is 15.0 Å². The molecular weight excluding hydrogens is 266 g/mol. The van der Waals surface area contributed by atoms with Crippen LogP contribution in [-0.4, -0.2) is 33.2 Å². The number of likely N-dealkylation sites (N-methyl/N-ethyl adjacent to an activating group) is 1. The normalized spacial score (nSPS) is 12.3. The number of nitrogens with zero attached hydrogens (tertiary/aromatic N) is 4. The molecule has 6 nitrogen and oxygen atoms in total. The van der Waals surface area contributed by atoms with Gasteiger partial charge in [0.25, 0.3) is 0 Å². The van der Waals surface area contributed by atoms with Gasteiger partial charge in [0.1, 0.15) is 12.2 Å². The molecule has 0 aliphatic rings. The Kier molecular flexibility index (Phi) is 5.68. The third kappa shape index (κ3) is 4.01. The molecule has 0 aliphatic heterocycles. The number of methoxy groups -OCH3 is 1. The van der Waals surface area contributed by atoms with Gasteiger partial charge in [-0.1, -0.05) is 13.8 Å². The Morgan fingerprint density at radius 3 is 2.86 bits per heavy atom. The van der Waals surface area contributed by atoms with E-state index in [4.69, 9.17) is 4.74 Å². The van der Waals surface area contributed by atoms with Gasteiger partial charge < -0.3 is 14.6 Å². The lowest BCUT2D eigenvalue weighted by Crippen LogP contribution is -2.25. The van der Waals surface area contributed by atoms with Crippen LogP contribution in [0.1, 0.15) is 37.8 Å². The van der Waals surface area contributed by atoms with Crippen molar-refractivity contribution in [3.63, 3.8) is 0 Å². The largest absolute Gasteiger partial charge is 0.481 e. The summed E-state index contributed by atoms with van der Waals surface area (Å²) in [5, 5.41) is 3.46. The molecule has 0 fully saturated rings. The van der Waals surface area contributed by atoms with E-state index in [0.29, 0.717) is 5.88 Å². The number of ether oxygens (including phenoxy) is 1. The predicted octanol–water partition coefficient (Wildman–Crippen LogP) is 1.98. The second kappa shape index (κ2) is 7.73. The molecule has 1 unspecified atom stereocenters. The minimum atomic E-state index is 0.102. The number of imidazole rings is 1. The van der Waals surface area contributed by atoms with Gasteiger partial charge in [-0.05, 0) is 13.0 Å². The van der Waals surface area contributed by atoms with Gasteiger partial charge in [0, 0.05) is 31.4 Å². The topological polar surface area (TPSA) is 64.9 Å². The molecule has 0 aromatic carbocycles. The fraction of sp³-hybridized carbons (Fsp3) is 0.533. The standard InChI is InChI=1S/C15H23N5O/c1-4-7-20-8-6-17-14(20)9-12(16-5-2)13-10-15(21-3)19-11-18-13/h6,8,10-12,16H,4-5,7,9H2,1-3H3. The Balaban J connectivity index is 2.19. The van der Waals surface area contributed by atoms with Crippen LogP contribution >= 0.6 is 0 Å². The van der Waals surface area contributed by atoms with Crippen LogP contribution in [0.25, 0.3) is 0 Å². The van der Waals surface area contributed by atoms with E-state index in [-0.39, 0.29) is 6.04 Å². The highest BCUT2D eigenvalue weighted by atomic mass is 16.5. The number of hydrogen-bond acceptors (Lipinski definition) is 5. The first-order chi connectivity index (χ1) is 10.3. The van der Waals surface area contributed by atoms with Crippen LogP contribution in [0, 0.1) is 0 Å². The highest BCUT2D eigenvalue weighted by Crippen LogP contribution is 2.18. The summed E-state index contributed by atoms with van der Waals surface area (Å²) >= 11 is 0. The van der Waals surface area contributed by atoms with Crippen molar-refractivity contribution in [1.29, 1.82) is 0 Å². The summed E-state index contributed by atoms with van der Waals surface area (Å²) < 4.78 is 7.38. The summed E-state index contributed by atoms with van der Waals surface area (Å²) in [6, 6.07) is 1.98. The Morgan fingerprint density at radius 2 is 2.14 bits per heavy atom. The summed E-state index contributed by atoms with van der Waals surface area (Å²) in [5.41, 5.74) is 0.926. The van der Waals surface area contributed by atoms with Gasteiger partial charge in [0.2, 0.25) is 5.88 Å². The third-order valence-corrected chi connectivity index (χ3v) is 3.33. The molecule has 0 bridgehead atoms. The van der Waals surface area contributed by atoms with Crippen molar-refractivity contribution in [3.8, 4) is 5.88 Å². The van der Waals surface area contributed by atoms with E-state index in [9.17, 15) is 0 Å². The van der Waals surface area contributed by atoms with Crippen molar-refractivity contribution in [2.75, 3.05) is 13.7 Å². The lowest BCUT2D eigenvalue weighted by Gasteiger charge is -2.18. The maximum absolute atomic E-state index is 5.18. The van der Waals surface area contributed by atoms with Crippen molar-refractivity contribution in [2.24, 2.45) is 0 Å². The van der Waals surface area contributed by atoms with Crippen molar-refractivity contribution in [1.82, 2.24) is 24.8 Å². The van der Waals surface area contributed by atoms with Gasteiger partial charge in [-0.2, -0.15) is 0 Å². The third-order valence-electron chi connectivity index (χ3n) is 3.33. The van der Waals surface area contributed by atoms with Crippen molar-refractivity contribution >= 4 is 0 Å². The van der Waals surface area contributed by atoms with Gasteiger partial charge in [0.05, 0.1) is 18.8 Å². The number of nitrogens with one attached hydrogen (secondary N) is 1. The van der Waals surface area contributed by atoms with Crippen LogP contribution in [0.15, 0.2) is 24.8 Å². The van der Waals surface area contributed by atoms with Crippen LogP contribution < -0.4 is 10.1 Å². The van der Waals surface area contributed by atoms with E-state index in [1.54, 1.807) is 7.11 Å². The van der Waals surface area contributed by atoms with E-state index in [2.05, 4.69) is 38.7 Å². The molecular formula is C15H23N5O. The van der Waals surface area contributed by atoms with Crippen molar-refractivity contribution in [2.45, 2.75) is 39.3 Å². The molecule has 0 saturated carbocycles. The number of hydrogen-bond donors (Lipinski definition) is 1. The maximum Gasteiger partial charge on any atom is 0.216 e. The van der Waals surface area contributed by atoms with E-state index in [1.165, 1.54) is 6.33 Å². The average Bonchev–Trinajstić information content (AvgIpc) is 2.94. The summed E-state index contributed by atoms with van der Waals surface area (Å²) in [6.07, 6.45) is 7.31. The SMILES string of the molecule is CCCn1ccnc1CC(NCC)c1cc(OC)ncn1. The molecule has 2 aromatic rings. The Bertz CT molecular complexity index is 555. The maximum atomic E-state index is 5.18. The zero-order chi connectivity index (χ0) is 15.1. The first-order valence-electron chi connectivity index (χ1n) is 7.37. The quantitative estimate of drug-likeness (QED) is 0.805. The molecule has 21 heavy (non-hydrogen) atoms. The number of rotatable bonds is 8. The van der Waals surface area contributed by atoms with Crippen LogP contribution in [0.2, 0.25) is 0 Å². The Labute approximate surface area is 125 Å². The van der Waals surface area contributed by atoms with E-state index >= 15 is 0 Å². The molecule has 2 rings (SSSR count). The highest BCUT2D eigenvalue weighted by molar-refractivity contribution is 5.18. The molecule has 114 valence electrons. The van der Waals surface area contributed by atoms with Gasteiger partial charge >= 0.3 is 0 Å². The summed E-state index contributed by atoms with van der Waals surface area (Å²) in [4.78, 5) is 12.9. The number of aryl methyl sites for hydroxylation is 1. The molecule has 1 N–H and O–H groups in total. The van der Waals surface area contributed by atoms with Crippen molar-refractivity contribution in [3.05, 3.63) is 36.3 Å². The second-order valence-corrected chi connectivity index (χ2v) is 4.84. The van der Waals surface area contributed by atoms with Crippen molar-refractivity contribution < 1.29 is 4.74 Å². The fourth-order valence-electron chi connectivity index (χ4n) is 2.34.